The summed E-state index contributed by atoms with van der Waals surface area (Å²) in [6, 6.07) is 3.68. The summed E-state index contributed by atoms with van der Waals surface area (Å²) in [6.07, 6.45) is 0.575. The molecular formula is C9H7FO2. The molecule has 0 saturated heterocycles. The zero-order valence-corrected chi connectivity index (χ0v) is 6.50. The van der Waals surface area contributed by atoms with Gasteiger partial charge in [-0.25, -0.2) is 4.39 Å². The molecule has 0 aliphatic rings. The van der Waals surface area contributed by atoms with Gasteiger partial charge in [0.25, 0.3) is 0 Å². The summed E-state index contributed by atoms with van der Waals surface area (Å²) in [5.74, 6) is -0.968. The van der Waals surface area contributed by atoms with Crippen molar-refractivity contribution < 1.29 is 14.0 Å². The summed E-state index contributed by atoms with van der Waals surface area (Å²) in [5, 5.41) is 0. The van der Waals surface area contributed by atoms with Gasteiger partial charge in [0.2, 0.25) is 0 Å². The van der Waals surface area contributed by atoms with Crippen molar-refractivity contribution in [3.8, 4) is 0 Å². The van der Waals surface area contributed by atoms with Crippen LogP contribution in [0.3, 0.4) is 0 Å². The lowest BCUT2D eigenvalue weighted by Crippen LogP contribution is -1.97. The number of carbonyl (C=O) groups excluding carboxylic acids is 2. The molecule has 0 radical (unpaired) electrons. The van der Waals surface area contributed by atoms with Gasteiger partial charge in [-0.3, -0.25) is 9.59 Å². The van der Waals surface area contributed by atoms with Gasteiger partial charge in [-0.05, 0) is 25.1 Å². The van der Waals surface area contributed by atoms with Gasteiger partial charge in [0.05, 0.1) is 5.56 Å². The van der Waals surface area contributed by atoms with Crippen LogP contribution < -0.4 is 0 Å². The molecule has 0 fully saturated rings. The van der Waals surface area contributed by atoms with E-state index < -0.39 is 5.82 Å². The van der Waals surface area contributed by atoms with Gasteiger partial charge < -0.3 is 0 Å². The lowest BCUT2D eigenvalue weighted by Gasteiger charge is -1.97. The summed E-state index contributed by atoms with van der Waals surface area (Å²) in [4.78, 5) is 21.0. The summed E-state index contributed by atoms with van der Waals surface area (Å²) in [5.41, 5.74) is 0.265. The Morgan fingerprint density at radius 2 is 2.17 bits per heavy atom. The number of rotatable bonds is 2. The molecule has 62 valence electrons. The van der Waals surface area contributed by atoms with Crippen LogP contribution in [0.15, 0.2) is 18.2 Å². The van der Waals surface area contributed by atoms with Gasteiger partial charge in [-0.1, -0.05) is 0 Å². The van der Waals surface area contributed by atoms with Crippen molar-refractivity contribution in [2.75, 3.05) is 0 Å². The highest BCUT2D eigenvalue weighted by Gasteiger charge is 2.06. The number of ketones is 1. The predicted molar refractivity (Wildman–Crippen MR) is 41.8 cm³/mol. The zero-order chi connectivity index (χ0) is 9.14. The summed E-state index contributed by atoms with van der Waals surface area (Å²) >= 11 is 0. The number of hydrogen-bond acceptors (Lipinski definition) is 2. The zero-order valence-electron chi connectivity index (χ0n) is 6.50. The highest BCUT2D eigenvalue weighted by molar-refractivity contribution is 5.95. The number of aldehydes is 1. The first-order valence-electron chi connectivity index (χ1n) is 3.41. The number of Topliss-reactive ketones (excluding diaryl/α,β-unsaturated/α-hetero) is 1. The number of carbonyl (C=O) groups is 2. The first kappa shape index (κ1) is 8.59. The van der Waals surface area contributed by atoms with Crippen LogP contribution in [-0.4, -0.2) is 12.1 Å². The van der Waals surface area contributed by atoms with E-state index in [0.29, 0.717) is 11.8 Å². The Kier molecular flexibility index (Phi) is 2.33. The fourth-order valence-corrected chi connectivity index (χ4v) is 0.886. The van der Waals surface area contributed by atoms with Gasteiger partial charge in [0, 0.05) is 5.56 Å². The Morgan fingerprint density at radius 3 is 2.67 bits per heavy atom. The van der Waals surface area contributed by atoms with Crippen LogP contribution in [0.2, 0.25) is 0 Å². The molecule has 0 N–H and O–H groups in total. The van der Waals surface area contributed by atoms with Crippen molar-refractivity contribution in [3.05, 3.63) is 35.1 Å². The SMILES string of the molecule is CC(=O)c1cc(C=O)ccc1F. The third-order valence-corrected chi connectivity index (χ3v) is 1.51. The van der Waals surface area contributed by atoms with E-state index in [0.717, 1.165) is 6.07 Å². The van der Waals surface area contributed by atoms with Crippen molar-refractivity contribution in [3.63, 3.8) is 0 Å². The van der Waals surface area contributed by atoms with Crippen LogP contribution in [0, 0.1) is 5.82 Å². The number of hydrogen-bond donors (Lipinski definition) is 0. The Morgan fingerprint density at radius 1 is 1.50 bits per heavy atom. The molecular weight excluding hydrogens is 159 g/mol. The largest absolute Gasteiger partial charge is 0.298 e. The third kappa shape index (κ3) is 1.56. The van der Waals surface area contributed by atoms with Gasteiger partial charge in [-0.2, -0.15) is 0 Å². The molecule has 0 aromatic heterocycles. The topological polar surface area (TPSA) is 34.1 Å². The Hall–Kier alpha value is -1.51. The molecule has 1 aromatic rings. The standard InChI is InChI=1S/C9H7FO2/c1-6(12)8-4-7(5-11)2-3-9(8)10/h2-5H,1H3. The molecule has 0 aliphatic carbocycles. The fourth-order valence-electron chi connectivity index (χ4n) is 0.886. The number of halogens is 1. The van der Waals surface area contributed by atoms with Gasteiger partial charge in [0.15, 0.2) is 5.78 Å². The average molecular weight is 166 g/mol. The molecule has 0 spiro atoms. The van der Waals surface area contributed by atoms with E-state index in [1.807, 2.05) is 0 Å². The monoisotopic (exact) mass is 166 g/mol. The summed E-state index contributed by atoms with van der Waals surface area (Å²) in [7, 11) is 0. The van der Waals surface area contributed by atoms with Gasteiger partial charge >= 0.3 is 0 Å². The molecule has 0 amide bonds. The van der Waals surface area contributed by atoms with E-state index in [4.69, 9.17) is 0 Å². The highest BCUT2D eigenvalue weighted by atomic mass is 19.1. The summed E-state index contributed by atoms with van der Waals surface area (Å²) < 4.78 is 12.8. The van der Waals surface area contributed by atoms with Crippen molar-refractivity contribution in [1.29, 1.82) is 0 Å². The van der Waals surface area contributed by atoms with E-state index in [1.54, 1.807) is 0 Å². The van der Waals surface area contributed by atoms with Gasteiger partial charge in [0.1, 0.15) is 12.1 Å². The minimum absolute atomic E-state index is 0.0420. The van der Waals surface area contributed by atoms with Crippen molar-refractivity contribution in [1.82, 2.24) is 0 Å². The molecule has 0 atom stereocenters. The van der Waals surface area contributed by atoms with Crippen LogP contribution in [0.1, 0.15) is 27.6 Å². The fraction of sp³-hybridized carbons (Fsp3) is 0.111. The van der Waals surface area contributed by atoms with Crippen molar-refractivity contribution in [2.24, 2.45) is 0 Å². The Bertz CT molecular complexity index is 331. The summed E-state index contributed by atoms with van der Waals surface area (Å²) in [6.45, 7) is 1.26. The smallest absolute Gasteiger partial charge is 0.162 e. The molecule has 12 heavy (non-hydrogen) atoms. The van der Waals surface area contributed by atoms with E-state index in [9.17, 15) is 14.0 Å². The molecule has 0 heterocycles. The minimum Gasteiger partial charge on any atom is -0.298 e. The minimum atomic E-state index is -0.590. The van der Waals surface area contributed by atoms with Crippen LogP contribution in [0.4, 0.5) is 4.39 Å². The van der Waals surface area contributed by atoms with Gasteiger partial charge in [-0.15, -0.1) is 0 Å². The molecule has 0 unspecified atom stereocenters. The average Bonchev–Trinajstić information content (AvgIpc) is 2.05. The second kappa shape index (κ2) is 3.26. The van der Waals surface area contributed by atoms with Crippen LogP contribution in [0.25, 0.3) is 0 Å². The quantitative estimate of drug-likeness (QED) is 0.496. The van der Waals surface area contributed by atoms with Crippen LogP contribution in [-0.2, 0) is 0 Å². The van der Waals surface area contributed by atoms with Crippen LogP contribution in [0.5, 0.6) is 0 Å². The Balaban J connectivity index is 3.25. The first-order chi connectivity index (χ1) is 5.65. The maximum atomic E-state index is 12.8. The molecule has 1 aromatic carbocycles. The molecule has 0 saturated carbocycles. The van der Waals surface area contributed by atoms with Crippen LogP contribution >= 0.6 is 0 Å². The lowest BCUT2D eigenvalue weighted by molar-refractivity contribution is 0.101. The second-order valence-corrected chi connectivity index (χ2v) is 2.41. The van der Waals surface area contributed by atoms with E-state index >= 15 is 0 Å². The third-order valence-electron chi connectivity index (χ3n) is 1.51. The predicted octanol–water partition coefficient (Wildman–Crippen LogP) is 1.84. The van der Waals surface area contributed by atoms with E-state index in [2.05, 4.69) is 0 Å². The molecule has 0 bridgehead atoms. The number of benzene rings is 1. The maximum Gasteiger partial charge on any atom is 0.162 e. The van der Waals surface area contributed by atoms with E-state index in [1.165, 1.54) is 19.1 Å². The maximum absolute atomic E-state index is 12.8. The molecule has 3 heteroatoms. The molecule has 1 rings (SSSR count). The Labute approximate surface area is 69.0 Å². The lowest BCUT2D eigenvalue weighted by atomic mass is 10.1. The molecule has 2 nitrogen and oxygen atoms in total. The highest BCUT2D eigenvalue weighted by Crippen LogP contribution is 2.09. The van der Waals surface area contributed by atoms with E-state index in [-0.39, 0.29) is 11.3 Å². The second-order valence-electron chi connectivity index (χ2n) is 2.41. The normalized spacial score (nSPS) is 9.50. The van der Waals surface area contributed by atoms with Crippen molar-refractivity contribution >= 4 is 12.1 Å². The first-order valence-corrected chi connectivity index (χ1v) is 3.41. The molecule has 0 aliphatic heterocycles. The van der Waals surface area contributed by atoms with Crippen molar-refractivity contribution in [2.45, 2.75) is 6.92 Å².